The predicted molar refractivity (Wildman–Crippen MR) is 75.5 cm³/mol. The van der Waals surface area contributed by atoms with Crippen molar-refractivity contribution >= 4 is 11.3 Å². The zero-order valence-corrected chi connectivity index (χ0v) is 11.3. The van der Waals surface area contributed by atoms with Crippen molar-refractivity contribution in [1.29, 1.82) is 0 Å². The smallest absolute Gasteiger partial charge is 0.119 e. The van der Waals surface area contributed by atoms with Crippen LogP contribution in [-0.4, -0.2) is 16.6 Å². The molecule has 0 bridgehead atoms. The molecule has 0 aliphatic carbocycles. The first-order valence-electron chi connectivity index (χ1n) is 6.20. The van der Waals surface area contributed by atoms with Crippen molar-refractivity contribution in [2.45, 2.75) is 26.5 Å². The summed E-state index contributed by atoms with van der Waals surface area (Å²) in [5.41, 5.74) is 2.11. The van der Waals surface area contributed by atoms with E-state index in [1.165, 1.54) is 4.88 Å². The van der Waals surface area contributed by atoms with Gasteiger partial charge in [0.1, 0.15) is 5.01 Å². The second-order valence-electron chi connectivity index (χ2n) is 4.08. The fourth-order valence-corrected chi connectivity index (χ4v) is 2.71. The standard InChI is InChI=1S/C14H18N2OS/c1-2-8-15-9-12-14(16-13(10-17)18-12)11-6-4-3-5-7-11/h3-7,15,17H,2,8-10H2,1H3. The van der Waals surface area contributed by atoms with Crippen molar-refractivity contribution in [2.24, 2.45) is 0 Å². The quantitative estimate of drug-likeness (QED) is 0.787. The van der Waals surface area contributed by atoms with Crippen LogP contribution in [0.2, 0.25) is 0 Å². The maximum atomic E-state index is 9.22. The molecule has 0 aliphatic rings. The number of thiazole rings is 1. The van der Waals surface area contributed by atoms with Crippen LogP contribution in [0.4, 0.5) is 0 Å². The number of hydrogen-bond acceptors (Lipinski definition) is 4. The molecule has 96 valence electrons. The molecule has 0 spiro atoms. The fraction of sp³-hybridized carbons (Fsp3) is 0.357. The molecule has 0 saturated heterocycles. The van der Waals surface area contributed by atoms with E-state index in [0.717, 1.165) is 35.8 Å². The second-order valence-corrected chi connectivity index (χ2v) is 5.25. The highest BCUT2D eigenvalue weighted by Crippen LogP contribution is 2.28. The third-order valence-corrected chi connectivity index (χ3v) is 3.68. The summed E-state index contributed by atoms with van der Waals surface area (Å²) in [4.78, 5) is 5.70. The Morgan fingerprint density at radius 1 is 1.28 bits per heavy atom. The van der Waals surface area contributed by atoms with Gasteiger partial charge >= 0.3 is 0 Å². The molecular weight excluding hydrogens is 244 g/mol. The summed E-state index contributed by atoms with van der Waals surface area (Å²) in [6.45, 7) is 3.98. The largest absolute Gasteiger partial charge is 0.389 e. The summed E-state index contributed by atoms with van der Waals surface area (Å²) in [5.74, 6) is 0. The topological polar surface area (TPSA) is 45.1 Å². The van der Waals surface area contributed by atoms with E-state index in [9.17, 15) is 5.11 Å². The highest BCUT2D eigenvalue weighted by Gasteiger charge is 2.11. The van der Waals surface area contributed by atoms with Gasteiger partial charge in [-0.1, -0.05) is 37.3 Å². The van der Waals surface area contributed by atoms with Gasteiger partial charge in [0.2, 0.25) is 0 Å². The number of hydrogen-bond donors (Lipinski definition) is 2. The summed E-state index contributed by atoms with van der Waals surface area (Å²) in [6, 6.07) is 10.1. The number of nitrogens with one attached hydrogen (secondary N) is 1. The first-order chi connectivity index (χ1) is 8.85. The lowest BCUT2D eigenvalue weighted by molar-refractivity contribution is 0.281. The van der Waals surface area contributed by atoms with E-state index in [2.05, 4.69) is 29.4 Å². The van der Waals surface area contributed by atoms with E-state index in [-0.39, 0.29) is 6.61 Å². The van der Waals surface area contributed by atoms with Crippen LogP contribution in [-0.2, 0) is 13.2 Å². The van der Waals surface area contributed by atoms with Crippen LogP contribution in [0, 0.1) is 0 Å². The van der Waals surface area contributed by atoms with Crippen LogP contribution in [0.15, 0.2) is 30.3 Å². The molecule has 0 radical (unpaired) electrons. The van der Waals surface area contributed by atoms with Crippen LogP contribution < -0.4 is 5.32 Å². The molecule has 3 nitrogen and oxygen atoms in total. The van der Waals surface area contributed by atoms with E-state index in [1.54, 1.807) is 11.3 Å². The lowest BCUT2D eigenvalue weighted by Crippen LogP contribution is -2.13. The van der Waals surface area contributed by atoms with Crippen LogP contribution in [0.5, 0.6) is 0 Å². The fourth-order valence-electron chi connectivity index (χ4n) is 1.79. The Hall–Kier alpha value is -1.23. The maximum Gasteiger partial charge on any atom is 0.119 e. The summed E-state index contributed by atoms with van der Waals surface area (Å²) < 4.78 is 0. The molecular formula is C14H18N2OS. The number of aliphatic hydroxyl groups is 1. The molecule has 0 amide bonds. The van der Waals surface area contributed by atoms with Crippen LogP contribution >= 0.6 is 11.3 Å². The van der Waals surface area contributed by atoms with E-state index in [4.69, 9.17) is 0 Å². The maximum absolute atomic E-state index is 9.22. The zero-order chi connectivity index (χ0) is 12.8. The van der Waals surface area contributed by atoms with Crippen molar-refractivity contribution in [3.8, 4) is 11.3 Å². The first kappa shape index (κ1) is 13.2. The van der Waals surface area contributed by atoms with Gasteiger partial charge in [-0.2, -0.15) is 0 Å². The molecule has 2 rings (SSSR count). The van der Waals surface area contributed by atoms with Gasteiger partial charge in [0.05, 0.1) is 12.3 Å². The average Bonchev–Trinajstić information content (AvgIpc) is 2.83. The Morgan fingerprint density at radius 3 is 2.72 bits per heavy atom. The molecule has 4 heteroatoms. The molecule has 0 unspecified atom stereocenters. The van der Waals surface area contributed by atoms with Crippen LogP contribution in [0.25, 0.3) is 11.3 Å². The van der Waals surface area contributed by atoms with Gasteiger partial charge in [-0.05, 0) is 13.0 Å². The van der Waals surface area contributed by atoms with Gasteiger partial charge in [0.15, 0.2) is 0 Å². The number of nitrogens with zero attached hydrogens (tertiary/aromatic N) is 1. The Labute approximate surface area is 112 Å². The first-order valence-corrected chi connectivity index (χ1v) is 7.02. The number of rotatable bonds is 6. The molecule has 0 fully saturated rings. The molecule has 1 aromatic heterocycles. The predicted octanol–water partition coefficient (Wildman–Crippen LogP) is 2.80. The van der Waals surface area contributed by atoms with Crippen molar-refractivity contribution in [3.05, 3.63) is 40.2 Å². The Balaban J connectivity index is 2.24. The molecule has 18 heavy (non-hydrogen) atoms. The van der Waals surface area contributed by atoms with Crippen molar-refractivity contribution in [1.82, 2.24) is 10.3 Å². The zero-order valence-electron chi connectivity index (χ0n) is 10.5. The van der Waals surface area contributed by atoms with Crippen molar-refractivity contribution < 1.29 is 5.11 Å². The summed E-state index contributed by atoms with van der Waals surface area (Å²) >= 11 is 1.58. The Bertz CT molecular complexity index is 482. The summed E-state index contributed by atoms with van der Waals surface area (Å²) in [7, 11) is 0. The minimum Gasteiger partial charge on any atom is -0.389 e. The third kappa shape index (κ3) is 3.16. The normalized spacial score (nSPS) is 10.8. The molecule has 0 aliphatic heterocycles. The Kier molecular flexibility index (Phi) is 4.87. The number of aromatic nitrogens is 1. The second kappa shape index (κ2) is 6.64. The van der Waals surface area contributed by atoms with Crippen molar-refractivity contribution in [2.75, 3.05) is 6.54 Å². The minimum atomic E-state index is 0.0122. The molecule has 2 N–H and O–H groups in total. The van der Waals surface area contributed by atoms with E-state index in [0.29, 0.717) is 0 Å². The van der Waals surface area contributed by atoms with Crippen LogP contribution in [0.1, 0.15) is 23.2 Å². The van der Waals surface area contributed by atoms with Gasteiger partial charge in [0.25, 0.3) is 0 Å². The number of benzene rings is 1. The third-order valence-electron chi connectivity index (χ3n) is 2.64. The lowest BCUT2D eigenvalue weighted by Gasteiger charge is -2.03. The summed E-state index contributed by atoms with van der Waals surface area (Å²) in [6.07, 6.45) is 1.12. The van der Waals surface area contributed by atoms with E-state index >= 15 is 0 Å². The van der Waals surface area contributed by atoms with Crippen molar-refractivity contribution in [3.63, 3.8) is 0 Å². The molecule has 0 saturated carbocycles. The van der Waals surface area contributed by atoms with Gasteiger partial charge in [-0.25, -0.2) is 4.98 Å². The van der Waals surface area contributed by atoms with Gasteiger partial charge in [-0.3, -0.25) is 0 Å². The molecule has 1 aromatic carbocycles. The highest BCUT2D eigenvalue weighted by atomic mass is 32.1. The SMILES string of the molecule is CCCNCc1sc(CO)nc1-c1ccccc1. The van der Waals surface area contributed by atoms with Gasteiger partial charge < -0.3 is 10.4 Å². The average molecular weight is 262 g/mol. The number of aliphatic hydroxyl groups excluding tert-OH is 1. The van der Waals surface area contributed by atoms with Gasteiger partial charge in [0, 0.05) is 17.0 Å². The lowest BCUT2D eigenvalue weighted by atomic mass is 10.1. The Morgan fingerprint density at radius 2 is 2.06 bits per heavy atom. The van der Waals surface area contributed by atoms with E-state index in [1.807, 2.05) is 18.2 Å². The molecule has 1 heterocycles. The molecule has 2 aromatic rings. The van der Waals surface area contributed by atoms with Gasteiger partial charge in [-0.15, -0.1) is 11.3 Å². The summed E-state index contributed by atoms with van der Waals surface area (Å²) in [5, 5.41) is 13.4. The monoisotopic (exact) mass is 262 g/mol. The van der Waals surface area contributed by atoms with E-state index < -0.39 is 0 Å². The highest BCUT2D eigenvalue weighted by molar-refractivity contribution is 7.12. The minimum absolute atomic E-state index is 0.0122. The van der Waals surface area contributed by atoms with Crippen LogP contribution in [0.3, 0.4) is 0 Å². The molecule has 0 atom stereocenters.